The summed E-state index contributed by atoms with van der Waals surface area (Å²) in [4.78, 5) is 2.93. The molecule has 0 aliphatic rings. The fourth-order valence-electron chi connectivity index (χ4n) is 2.22. The molecule has 1 aromatic heterocycles. The molecule has 1 heterocycles. The predicted octanol–water partition coefficient (Wildman–Crippen LogP) is 3.94. The standard InChI is InChI=1S/C16H15NO2/c1-2-19-14-5-3-4-11(8-14)12-6-7-13-10-16(18)17-15(13)9-12/h3-10,17-18H,2H2,1H3. The summed E-state index contributed by atoms with van der Waals surface area (Å²) in [6.45, 7) is 2.63. The lowest BCUT2D eigenvalue weighted by atomic mass is 10.0. The van der Waals surface area contributed by atoms with E-state index in [0.29, 0.717) is 6.61 Å². The lowest BCUT2D eigenvalue weighted by Crippen LogP contribution is -1.91. The van der Waals surface area contributed by atoms with Gasteiger partial charge >= 0.3 is 0 Å². The summed E-state index contributed by atoms with van der Waals surface area (Å²) >= 11 is 0. The molecular formula is C16H15NO2. The number of aromatic hydroxyl groups is 1. The summed E-state index contributed by atoms with van der Waals surface area (Å²) in [6, 6.07) is 15.8. The molecule has 3 aromatic rings. The highest BCUT2D eigenvalue weighted by Crippen LogP contribution is 2.28. The maximum atomic E-state index is 9.46. The van der Waals surface area contributed by atoms with Crippen LogP contribution in [0, 0.1) is 0 Å². The van der Waals surface area contributed by atoms with Crippen LogP contribution in [0.4, 0.5) is 0 Å². The van der Waals surface area contributed by atoms with Gasteiger partial charge in [-0.15, -0.1) is 0 Å². The van der Waals surface area contributed by atoms with Gasteiger partial charge in [0.2, 0.25) is 0 Å². The van der Waals surface area contributed by atoms with Gasteiger partial charge in [-0.05, 0) is 36.2 Å². The number of benzene rings is 2. The molecule has 0 fully saturated rings. The van der Waals surface area contributed by atoms with Crippen molar-refractivity contribution in [3.8, 4) is 22.8 Å². The highest BCUT2D eigenvalue weighted by Gasteiger charge is 2.04. The Balaban J connectivity index is 2.05. The van der Waals surface area contributed by atoms with Crippen LogP contribution in [0.5, 0.6) is 11.6 Å². The van der Waals surface area contributed by atoms with Crippen molar-refractivity contribution in [1.82, 2.24) is 4.98 Å². The fourth-order valence-corrected chi connectivity index (χ4v) is 2.22. The lowest BCUT2D eigenvalue weighted by Gasteiger charge is -2.06. The largest absolute Gasteiger partial charge is 0.495 e. The maximum absolute atomic E-state index is 9.46. The highest BCUT2D eigenvalue weighted by atomic mass is 16.5. The van der Waals surface area contributed by atoms with E-state index in [0.717, 1.165) is 27.8 Å². The molecule has 3 nitrogen and oxygen atoms in total. The molecule has 3 rings (SSSR count). The predicted molar refractivity (Wildman–Crippen MR) is 76.6 cm³/mol. The Morgan fingerprint density at radius 3 is 2.74 bits per heavy atom. The minimum atomic E-state index is 0.190. The van der Waals surface area contributed by atoms with Crippen molar-refractivity contribution < 1.29 is 9.84 Å². The lowest BCUT2D eigenvalue weighted by molar-refractivity contribution is 0.340. The van der Waals surface area contributed by atoms with Gasteiger partial charge in [-0.25, -0.2) is 0 Å². The summed E-state index contributed by atoms with van der Waals surface area (Å²) in [5, 5.41) is 10.5. The molecule has 2 N–H and O–H groups in total. The van der Waals surface area contributed by atoms with Gasteiger partial charge < -0.3 is 14.8 Å². The molecule has 0 saturated carbocycles. The first-order valence-corrected chi connectivity index (χ1v) is 6.31. The Bertz CT molecular complexity index is 716. The molecule has 0 saturated heterocycles. The average molecular weight is 253 g/mol. The van der Waals surface area contributed by atoms with E-state index in [1.807, 2.05) is 49.4 Å². The second-order valence-corrected chi connectivity index (χ2v) is 4.42. The van der Waals surface area contributed by atoms with E-state index >= 15 is 0 Å². The minimum absolute atomic E-state index is 0.190. The summed E-state index contributed by atoms with van der Waals surface area (Å²) in [5.74, 6) is 1.06. The first-order chi connectivity index (χ1) is 9.26. The fraction of sp³-hybridized carbons (Fsp3) is 0.125. The third-order valence-corrected chi connectivity index (χ3v) is 3.09. The molecule has 2 aromatic carbocycles. The van der Waals surface area contributed by atoms with Crippen LogP contribution in [-0.2, 0) is 0 Å². The van der Waals surface area contributed by atoms with Gasteiger partial charge in [-0.3, -0.25) is 0 Å². The quantitative estimate of drug-likeness (QED) is 0.742. The second-order valence-electron chi connectivity index (χ2n) is 4.42. The number of hydrogen-bond donors (Lipinski definition) is 2. The molecule has 0 unspecified atom stereocenters. The number of nitrogens with one attached hydrogen (secondary N) is 1. The van der Waals surface area contributed by atoms with Gasteiger partial charge in [0.05, 0.1) is 6.61 Å². The van der Waals surface area contributed by atoms with E-state index in [4.69, 9.17) is 4.74 Å². The van der Waals surface area contributed by atoms with Gasteiger partial charge in [0.1, 0.15) is 5.75 Å². The van der Waals surface area contributed by atoms with Crippen molar-refractivity contribution in [1.29, 1.82) is 0 Å². The van der Waals surface area contributed by atoms with Gasteiger partial charge in [-0.1, -0.05) is 24.3 Å². The number of rotatable bonds is 3. The Hall–Kier alpha value is -2.42. The van der Waals surface area contributed by atoms with Crippen molar-refractivity contribution in [2.45, 2.75) is 6.92 Å². The zero-order chi connectivity index (χ0) is 13.2. The molecule has 0 aliphatic heterocycles. The summed E-state index contributed by atoms with van der Waals surface area (Å²) < 4.78 is 5.51. The number of aromatic nitrogens is 1. The Morgan fingerprint density at radius 2 is 1.89 bits per heavy atom. The number of aromatic amines is 1. The summed E-state index contributed by atoms with van der Waals surface area (Å²) in [5.41, 5.74) is 3.12. The van der Waals surface area contributed by atoms with Crippen molar-refractivity contribution in [2.75, 3.05) is 6.61 Å². The summed E-state index contributed by atoms with van der Waals surface area (Å²) in [6.07, 6.45) is 0. The number of ether oxygens (including phenoxy) is 1. The van der Waals surface area contributed by atoms with E-state index in [9.17, 15) is 5.11 Å². The van der Waals surface area contributed by atoms with Crippen molar-refractivity contribution in [2.24, 2.45) is 0 Å². The molecule has 0 aliphatic carbocycles. The molecule has 0 bridgehead atoms. The normalized spacial score (nSPS) is 10.8. The van der Waals surface area contributed by atoms with Crippen LogP contribution < -0.4 is 4.74 Å². The Labute approximate surface area is 111 Å². The van der Waals surface area contributed by atoms with Gasteiger partial charge in [0.25, 0.3) is 0 Å². The number of hydrogen-bond acceptors (Lipinski definition) is 2. The van der Waals surface area contributed by atoms with E-state index < -0.39 is 0 Å². The van der Waals surface area contributed by atoms with Crippen LogP contribution in [0.1, 0.15) is 6.92 Å². The Kier molecular flexibility index (Phi) is 2.88. The second kappa shape index (κ2) is 4.69. The first kappa shape index (κ1) is 11.7. The van der Waals surface area contributed by atoms with Gasteiger partial charge in [0.15, 0.2) is 5.88 Å². The van der Waals surface area contributed by atoms with Crippen LogP contribution in [-0.4, -0.2) is 16.7 Å². The zero-order valence-corrected chi connectivity index (χ0v) is 10.7. The monoisotopic (exact) mass is 253 g/mol. The first-order valence-electron chi connectivity index (χ1n) is 6.31. The maximum Gasteiger partial charge on any atom is 0.189 e. The van der Waals surface area contributed by atoms with Crippen molar-refractivity contribution in [3.63, 3.8) is 0 Å². The number of fused-ring (bicyclic) bond motifs is 1. The molecule has 3 heteroatoms. The van der Waals surface area contributed by atoms with Crippen molar-refractivity contribution in [3.05, 3.63) is 48.5 Å². The Morgan fingerprint density at radius 1 is 1.05 bits per heavy atom. The third kappa shape index (κ3) is 2.27. The third-order valence-electron chi connectivity index (χ3n) is 3.09. The van der Waals surface area contributed by atoms with Gasteiger partial charge in [0, 0.05) is 17.0 Å². The topological polar surface area (TPSA) is 45.2 Å². The highest BCUT2D eigenvalue weighted by molar-refractivity contribution is 5.86. The molecule has 0 radical (unpaired) electrons. The molecule has 0 amide bonds. The molecule has 0 spiro atoms. The summed E-state index contributed by atoms with van der Waals surface area (Å²) in [7, 11) is 0. The van der Waals surface area contributed by atoms with E-state index in [-0.39, 0.29) is 5.88 Å². The van der Waals surface area contributed by atoms with E-state index in [2.05, 4.69) is 4.98 Å². The molecule has 96 valence electrons. The van der Waals surface area contributed by atoms with Crippen LogP contribution in [0.25, 0.3) is 22.0 Å². The zero-order valence-electron chi connectivity index (χ0n) is 10.7. The van der Waals surface area contributed by atoms with Crippen LogP contribution in [0.2, 0.25) is 0 Å². The van der Waals surface area contributed by atoms with Crippen molar-refractivity contribution >= 4 is 10.9 Å². The van der Waals surface area contributed by atoms with Crippen LogP contribution in [0.3, 0.4) is 0 Å². The van der Waals surface area contributed by atoms with E-state index in [1.54, 1.807) is 6.07 Å². The average Bonchev–Trinajstić information content (AvgIpc) is 2.78. The molecular weight excluding hydrogens is 238 g/mol. The minimum Gasteiger partial charge on any atom is -0.495 e. The van der Waals surface area contributed by atoms with Crippen LogP contribution in [0.15, 0.2) is 48.5 Å². The smallest absolute Gasteiger partial charge is 0.189 e. The molecule has 0 atom stereocenters. The SMILES string of the molecule is CCOc1cccc(-c2ccc3cc(O)[nH]c3c2)c1. The van der Waals surface area contributed by atoms with Gasteiger partial charge in [-0.2, -0.15) is 0 Å². The van der Waals surface area contributed by atoms with Crippen LogP contribution >= 0.6 is 0 Å². The van der Waals surface area contributed by atoms with E-state index in [1.165, 1.54) is 0 Å². The number of H-pyrrole nitrogens is 1. The molecule has 19 heavy (non-hydrogen) atoms.